The number of hydrogen-bond donors (Lipinski definition) is 2. The average molecular weight is 278 g/mol. The number of nitrogens with one attached hydrogen (secondary N) is 2. The van der Waals surface area contributed by atoms with Crippen LogP contribution in [0, 0.1) is 11.2 Å². The quantitative estimate of drug-likeness (QED) is 0.887. The Morgan fingerprint density at radius 3 is 3.00 bits per heavy atom. The Kier molecular flexibility index (Phi) is 4.76. The fourth-order valence-electron chi connectivity index (χ4n) is 2.73. The normalized spacial score (nSPS) is 21.4. The zero-order valence-corrected chi connectivity index (χ0v) is 12.2. The molecule has 1 unspecified atom stereocenters. The highest BCUT2D eigenvalue weighted by Crippen LogP contribution is 2.29. The molecule has 0 spiro atoms. The van der Waals surface area contributed by atoms with Crippen molar-refractivity contribution in [3.05, 3.63) is 35.6 Å². The molecular formula is C16H23FN2O. The van der Waals surface area contributed by atoms with E-state index in [1.807, 2.05) is 0 Å². The van der Waals surface area contributed by atoms with Crippen LogP contribution in [0.25, 0.3) is 0 Å². The minimum Gasteiger partial charge on any atom is -0.354 e. The summed E-state index contributed by atoms with van der Waals surface area (Å²) >= 11 is 0. The minimum atomic E-state index is -0.301. The second-order valence-corrected chi connectivity index (χ2v) is 6.21. The van der Waals surface area contributed by atoms with Gasteiger partial charge in [-0.05, 0) is 42.5 Å². The summed E-state index contributed by atoms with van der Waals surface area (Å²) in [5, 5.41) is 6.42. The summed E-state index contributed by atoms with van der Waals surface area (Å²) in [5.41, 5.74) is 0.906. The summed E-state index contributed by atoms with van der Waals surface area (Å²) in [6.07, 6.45) is 2.58. The van der Waals surface area contributed by atoms with Crippen molar-refractivity contribution in [3.8, 4) is 0 Å². The lowest BCUT2D eigenvalue weighted by Gasteiger charge is -2.39. The first-order valence-corrected chi connectivity index (χ1v) is 7.22. The van der Waals surface area contributed by atoms with Gasteiger partial charge in [0.05, 0.1) is 6.42 Å². The molecule has 0 aromatic heterocycles. The number of carbonyl (C=O) groups is 1. The van der Waals surface area contributed by atoms with Crippen LogP contribution in [0.2, 0.25) is 0 Å². The van der Waals surface area contributed by atoms with E-state index in [1.54, 1.807) is 12.1 Å². The molecule has 1 atom stereocenters. The van der Waals surface area contributed by atoms with Crippen LogP contribution in [-0.2, 0) is 11.2 Å². The van der Waals surface area contributed by atoms with Crippen molar-refractivity contribution < 1.29 is 9.18 Å². The lowest BCUT2D eigenvalue weighted by atomic mass is 9.77. The summed E-state index contributed by atoms with van der Waals surface area (Å²) in [6.45, 7) is 6.08. The molecule has 1 aromatic rings. The van der Waals surface area contributed by atoms with Crippen molar-refractivity contribution >= 4 is 5.91 Å². The van der Waals surface area contributed by atoms with Crippen molar-refractivity contribution in [2.45, 2.75) is 39.2 Å². The molecule has 0 bridgehead atoms. The highest BCUT2D eigenvalue weighted by atomic mass is 19.1. The van der Waals surface area contributed by atoms with Crippen LogP contribution in [0.3, 0.4) is 0 Å². The zero-order chi connectivity index (χ0) is 14.6. The molecule has 1 aliphatic heterocycles. The maximum absolute atomic E-state index is 13.1. The van der Waals surface area contributed by atoms with E-state index in [9.17, 15) is 9.18 Å². The molecule has 0 radical (unpaired) electrons. The van der Waals surface area contributed by atoms with Gasteiger partial charge in [-0.2, -0.15) is 0 Å². The van der Waals surface area contributed by atoms with Gasteiger partial charge in [0.1, 0.15) is 5.82 Å². The van der Waals surface area contributed by atoms with Gasteiger partial charge in [0.15, 0.2) is 0 Å². The molecule has 4 heteroatoms. The molecule has 110 valence electrons. The lowest BCUT2D eigenvalue weighted by Crippen LogP contribution is -2.52. The molecule has 1 heterocycles. The van der Waals surface area contributed by atoms with Crippen molar-refractivity contribution in [1.29, 1.82) is 0 Å². The van der Waals surface area contributed by atoms with Gasteiger partial charge in [-0.1, -0.05) is 26.0 Å². The van der Waals surface area contributed by atoms with Crippen molar-refractivity contribution in [3.63, 3.8) is 0 Å². The molecule has 1 saturated heterocycles. The maximum Gasteiger partial charge on any atom is 0.224 e. The number of piperidine rings is 1. The van der Waals surface area contributed by atoms with Crippen LogP contribution in [-0.4, -0.2) is 25.0 Å². The minimum absolute atomic E-state index is 0.0567. The number of carbonyl (C=O) groups excluding carboxylic acids is 1. The van der Waals surface area contributed by atoms with Crippen molar-refractivity contribution in [2.75, 3.05) is 13.1 Å². The summed E-state index contributed by atoms with van der Waals surface area (Å²) in [7, 11) is 0. The largest absolute Gasteiger partial charge is 0.354 e. The van der Waals surface area contributed by atoms with Gasteiger partial charge in [0.25, 0.3) is 0 Å². The molecule has 1 aliphatic rings. The Bertz CT molecular complexity index is 473. The molecule has 20 heavy (non-hydrogen) atoms. The Morgan fingerprint density at radius 1 is 1.50 bits per heavy atom. The van der Waals surface area contributed by atoms with Crippen molar-refractivity contribution in [1.82, 2.24) is 10.6 Å². The summed E-state index contributed by atoms with van der Waals surface area (Å²) < 4.78 is 13.1. The fraction of sp³-hybridized carbons (Fsp3) is 0.562. The molecule has 1 amide bonds. The first kappa shape index (κ1) is 15.0. The summed E-state index contributed by atoms with van der Waals surface area (Å²) in [5.74, 6) is -0.357. The van der Waals surface area contributed by atoms with Gasteiger partial charge in [0, 0.05) is 12.6 Å². The molecule has 2 rings (SSSR count). The molecule has 0 saturated carbocycles. The zero-order valence-electron chi connectivity index (χ0n) is 12.2. The topological polar surface area (TPSA) is 41.1 Å². The number of rotatable bonds is 4. The van der Waals surface area contributed by atoms with Crippen molar-refractivity contribution in [2.24, 2.45) is 5.41 Å². The van der Waals surface area contributed by atoms with E-state index in [-0.39, 0.29) is 23.6 Å². The van der Waals surface area contributed by atoms with Gasteiger partial charge < -0.3 is 10.6 Å². The van der Waals surface area contributed by atoms with Crippen LogP contribution >= 0.6 is 0 Å². The third-order valence-electron chi connectivity index (χ3n) is 4.09. The van der Waals surface area contributed by atoms with E-state index in [0.29, 0.717) is 18.2 Å². The number of halogens is 1. The predicted molar refractivity (Wildman–Crippen MR) is 77.9 cm³/mol. The second kappa shape index (κ2) is 6.35. The second-order valence-electron chi connectivity index (χ2n) is 6.21. The monoisotopic (exact) mass is 278 g/mol. The molecule has 3 nitrogen and oxygen atoms in total. The molecule has 0 aliphatic carbocycles. The highest BCUT2D eigenvalue weighted by molar-refractivity contribution is 5.78. The van der Waals surface area contributed by atoms with Gasteiger partial charge in [-0.3, -0.25) is 4.79 Å². The number of hydrogen-bond acceptors (Lipinski definition) is 2. The smallest absolute Gasteiger partial charge is 0.224 e. The lowest BCUT2D eigenvalue weighted by molar-refractivity contribution is -0.120. The molecule has 2 N–H and O–H groups in total. The van der Waals surface area contributed by atoms with E-state index in [1.165, 1.54) is 25.0 Å². The van der Waals surface area contributed by atoms with E-state index in [4.69, 9.17) is 0 Å². The maximum atomic E-state index is 13.1. The van der Waals surface area contributed by atoms with Crippen LogP contribution in [0.4, 0.5) is 4.39 Å². The Labute approximate surface area is 120 Å². The van der Waals surface area contributed by atoms with Gasteiger partial charge >= 0.3 is 0 Å². The van der Waals surface area contributed by atoms with Crippen LogP contribution in [0.5, 0.6) is 0 Å². The van der Waals surface area contributed by atoms with Gasteiger partial charge in [-0.15, -0.1) is 0 Å². The predicted octanol–water partition coefficient (Wildman–Crippen LogP) is 2.26. The molecule has 1 aromatic carbocycles. The van der Waals surface area contributed by atoms with E-state index in [0.717, 1.165) is 6.54 Å². The first-order chi connectivity index (χ1) is 9.47. The fourth-order valence-corrected chi connectivity index (χ4v) is 2.73. The third-order valence-corrected chi connectivity index (χ3v) is 4.09. The van der Waals surface area contributed by atoms with Gasteiger partial charge in [0.2, 0.25) is 5.91 Å². The summed E-state index contributed by atoms with van der Waals surface area (Å²) in [6, 6.07) is 6.49. The molecule has 1 fully saturated rings. The SMILES string of the molecule is CC1(C)CCCNC1CNC(=O)Cc1cccc(F)c1. The molecular weight excluding hydrogens is 255 g/mol. The Hall–Kier alpha value is -1.42. The standard InChI is InChI=1S/C16H23FN2O/c1-16(2)7-4-8-18-14(16)11-19-15(20)10-12-5-3-6-13(17)9-12/h3,5-6,9,14,18H,4,7-8,10-11H2,1-2H3,(H,19,20). The van der Waals surface area contributed by atoms with E-state index < -0.39 is 0 Å². The average Bonchev–Trinajstić information content (AvgIpc) is 2.37. The first-order valence-electron chi connectivity index (χ1n) is 7.22. The van der Waals surface area contributed by atoms with Crippen LogP contribution in [0.1, 0.15) is 32.3 Å². The Morgan fingerprint density at radius 2 is 2.30 bits per heavy atom. The van der Waals surface area contributed by atoms with E-state index >= 15 is 0 Å². The third kappa shape index (κ3) is 4.04. The summed E-state index contributed by atoms with van der Waals surface area (Å²) in [4.78, 5) is 11.9. The van der Waals surface area contributed by atoms with Crippen LogP contribution in [0.15, 0.2) is 24.3 Å². The Balaban J connectivity index is 1.83. The van der Waals surface area contributed by atoms with Crippen LogP contribution < -0.4 is 10.6 Å². The van der Waals surface area contributed by atoms with Gasteiger partial charge in [-0.25, -0.2) is 4.39 Å². The van der Waals surface area contributed by atoms with E-state index in [2.05, 4.69) is 24.5 Å². The highest BCUT2D eigenvalue weighted by Gasteiger charge is 2.31. The number of amides is 1. The number of benzene rings is 1.